The van der Waals surface area contributed by atoms with Crippen LogP contribution in [0, 0.1) is 0 Å². The van der Waals surface area contributed by atoms with Crippen LogP contribution < -0.4 is 16.0 Å². The molecular formula is C18H15Cl2N3O2. The van der Waals surface area contributed by atoms with Crippen LogP contribution in [-0.4, -0.2) is 11.9 Å². The maximum absolute atomic E-state index is 12.8. The van der Waals surface area contributed by atoms with Crippen LogP contribution in [0.5, 0.6) is 0 Å². The highest BCUT2D eigenvalue weighted by Crippen LogP contribution is 2.29. The Morgan fingerprint density at radius 1 is 1.08 bits per heavy atom. The van der Waals surface area contributed by atoms with E-state index in [4.69, 9.17) is 23.2 Å². The Bertz CT molecular complexity index is 863. The molecule has 2 aromatic carbocycles. The van der Waals surface area contributed by atoms with Crippen molar-refractivity contribution in [3.8, 4) is 0 Å². The van der Waals surface area contributed by atoms with E-state index < -0.39 is 6.04 Å². The number of hydrogen-bond donors (Lipinski definition) is 3. The lowest BCUT2D eigenvalue weighted by molar-refractivity contribution is -0.113. The summed E-state index contributed by atoms with van der Waals surface area (Å²) >= 11 is 11.9. The number of urea groups is 1. The van der Waals surface area contributed by atoms with Crippen molar-refractivity contribution in [2.75, 3.05) is 5.32 Å². The summed E-state index contributed by atoms with van der Waals surface area (Å²) in [6.07, 6.45) is 0. The highest BCUT2D eigenvalue weighted by molar-refractivity contribution is 6.31. The number of halogens is 2. The molecule has 128 valence electrons. The van der Waals surface area contributed by atoms with Gasteiger partial charge in [-0.25, -0.2) is 4.79 Å². The first-order valence-electron chi connectivity index (χ1n) is 7.54. The minimum atomic E-state index is -0.597. The van der Waals surface area contributed by atoms with Crippen LogP contribution >= 0.6 is 23.2 Å². The molecule has 7 heteroatoms. The number of nitrogens with one attached hydrogen (secondary N) is 3. The quantitative estimate of drug-likeness (QED) is 0.749. The van der Waals surface area contributed by atoms with Gasteiger partial charge in [-0.05, 0) is 48.9 Å². The van der Waals surface area contributed by atoms with Gasteiger partial charge < -0.3 is 16.0 Å². The summed E-state index contributed by atoms with van der Waals surface area (Å²) in [5.41, 5.74) is 2.23. The number of amides is 3. The second-order valence-corrected chi connectivity index (χ2v) is 6.46. The first kappa shape index (κ1) is 17.3. The number of carbonyl (C=O) groups excluding carboxylic acids is 2. The number of rotatable bonds is 3. The van der Waals surface area contributed by atoms with Crippen molar-refractivity contribution in [1.29, 1.82) is 0 Å². The van der Waals surface area contributed by atoms with Crippen molar-refractivity contribution in [2.24, 2.45) is 0 Å². The molecule has 1 aliphatic heterocycles. The standard InChI is InChI=1S/C18H15Cl2N3O2/c1-10-15(17(24)22-14-7-5-12(19)6-8-14)16(23-18(25)21-10)11-3-2-4-13(20)9-11/h2-9,16H,1H3,(H,22,24)(H2,21,23,25)/t16-/m1/s1. The van der Waals surface area contributed by atoms with Crippen molar-refractivity contribution in [3.63, 3.8) is 0 Å². The molecule has 0 radical (unpaired) electrons. The lowest BCUT2D eigenvalue weighted by atomic mass is 9.95. The third kappa shape index (κ3) is 3.95. The van der Waals surface area contributed by atoms with Crippen molar-refractivity contribution in [1.82, 2.24) is 10.6 Å². The summed E-state index contributed by atoms with van der Waals surface area (Å²) in [5.74, 6) is -0.322. The number of benzene rings is 2. The molecule has 0 bridgehead atoms. The Balaban J connectivity index is 1.94. The van der Waals surface area contributed by atoms with E-state index in [1.807, 2.05) is 6.07 Å². The van der Waals surface area contributed by atoms with Gasteiger partial charge in [0.2, 0.25) is 0 Å². The predicted molar refractivity (Wildman–Crippen MR) is 98.6 cm³/mol. The van der Waals surface area contributed by atoms with Crippen LogP contribution in [0.4, 0.5) is 10.5 Å². The van der Waals surface area contributed by atoms with Crippen LogP contribution in [0.2, 0.25) is 10.0 Å². The molecule has 0 aromatic heterocycles. The van der Waals surface area contributed by atoms with Gasteiger partial charge in [-0.1, -0.05) is 35.3 Å². The molecule has 0 spiro atoms. The zero-order valence-electron chi connectivity index (χ0n) is 13.3. The van der Waals surface area contributed by atoms with E-state index >= 15 is 0 Å². The molecule has 0 fully saturated rings. The molecule has 25 heavy (non-hydrogen) atoms. The fraction of sp³-hybridized carbons (Fsp3) is 0.111. The summed E-state index contributed by atoms with van der Waals surface area (Å²) < 4.78 is 0. The van der Waals surface area contributed by atoms with Crippen LogP contribution in [-0.2, 0) is 4.79 Å². The lowest BCUT2D eigenvalue weighted by Crippen LogP contribution is -2.45. The van der Waals surface area contributed by atoms with Gasteiger partial charge in [0.1, 0.15) is 0 Å². The van der Waals surface area contributed by atoms with E-state index in [-0.39, 0.29) is 11.9 Å². The zero-order valence-corrected chi connectivity index (χ0v) is 14.8. The highest BCUT2D eigenvalue weighted by atomic mass is 35.5. The highest BCUT2D eigenvalue weighted by Gasteiger charge is 2.31. The fourth-order valence-corrected chi connectivity index (χ4v) is 2.99. The number of hydrogen-bond acceptors (Lipinski definition) is 2. The molecule has 0 aliphatic carbocycles. The molecule has 1 aliphatic rings. The van der Waals surface area contributed by atoms with E-state index in [2.05, 4.69) is 16.0 Å². The van der Waals surface area contributed by atoms with Crippen molar-refractivity contribution in [3.05, 3.63) is 75.4 Å². The van der Waals surface area contributed by atoms with Gasteiger partial charge in [0.05, 0.1) is 11.6 Å². The molecule has 3 rings (SSSR count). The molecule has 1 atom stereocenters. The Labute approximate surface area is 155 Å². The first-order chi connectivity index (χ1) is 11.9. The van der Waals surface area contributed by atoms with E-state index in [0.717, 1.165) is 5.56 Å². The fourth-order valence-electron chi connectivity index (χ4n) is 2.66. The second kappa shape index (κ2) is 7.17. The van der Waals surface area contributed by atoms with Gasteiger partial charge in [-0.2, -0.15) is 0 Å². The Morgan fingerprint density at radius 2 is 1.80 bits per heavy atom. The van der Waals surface area contributed by atoms with Crippen LogP contribution in [0.15, 0.2) is 59.8 Å². The van der Waals surface area contributed by atoms with Gasteiger partial charge in [-0.15, -0.1) is 0 Å². The third-order valence-electron chi connectivity index (χ3n) is 3.80. The molecule has 0 saturated heterocycles. The second-order valence-electron chi connectivity index (χ2n) is 5.59. The summed E-state index contributed by atoms with van der Waals surface area (Å²) in [6, 6.07) is 12.9. The van der Waals surface area contributed by atoms with Crippen LogP contribution in [0.25, 0.3) is 0 Å². The smallest absolute Gasteiger partial charge is 0.319 e. The number of anilines is 1. The largest absolute Gasteiger partial charge is 0.327 e. The minimum absolute atomic E-state index is 0.322. The van der Waals surface area contributed by atoms with Crippen molar-refractivity contribution in [2.45, 2.75) is 13.0 Å². The van der Waals surface area contributed by atoms with Gasteiger partial charge in [0, 0.05) is 21.4 Å². The number of allylic oxidation sites excluding steroid dienone is 1. The molecule has 2 aromatic rings. The molecule has 0 saturated carbocycles. The summed E-state index contributed by atoms with van der Waals surface area (Å²) in [6.45, 7) is 1.69. The summed E-state index contributed by atoms with van der Waals surface area (Å²) in [7, 11) is 0. The average molecular weight is 376 g/mol. The van der Waals surface area contributed by atoms with Gasteiger partial charge in [0.15, 0.2) is 0 Å². The van der Waals surface area contributed by atoms with Gasteiger partial charge >= 0.3 is 6.03 Å². The Hall–Kier alpha value is -2.50. The van der Waals surface area contributed by atoms with Crippen molar-refractivity contribution >= 4 is 40.8 Å². The maximum Gasteiger partial charge on any atom is 0.319 e. The molecule has 1 heterocycles. The van der Waals surface area contributed by atoms with Gasteiger partial charge in [0.25, 0.3) is 5.91 Å². The Morgan fingerprint density at radius 3 is 2.48 bits per heavy atom. The average Bonchev–Trinajstić information content (AvgIpc) is 2.56. The van der Waals surface area contributed by atoms with E-state index in [0.29, 0.717) is 27.0 Å². The third-order valence-corrected chi connectivity index (χ3v) is 4.28. The van der Waals surface area contributed by atoms with E-state index in [1.54, 1.807) is 49.4 Å². The Kier molecular flexibility index (Phi) is 4.97. The first-order valence-corrected chi connectivity index (χ1v) is 8.30. The summed E-state index contributed by atoms with van der Waals surface area (Å²) in [5, 5.41) is 9.33. The van der Waals surface area contributed by atoms with E-state index in [1.165, 1.54) is 0 Å². The van der Waals surface area contributed by atoms with Crippen molar-refractivity contribution < 1.29 is 9.59 Å². The lowest BCUT2D eigenvalue weighted by Gasteiger charge is -2.28. The summed E-state index contributed by atoms with van der Waals surface area (Å²) in [4.78, 5) is 24.7. The topological polar surface area (TPSA) is 70.2 Å². The van der Waals surface area contributed by atoms with Crippen LogP contribution in [0.3, 0.4) is 0 Å². The maximum atomic E-state index is 12.8. The van der Waals surface area contributed by atoms with Gasteiger partial charge in [-0.3, -0.25) is 4.79 Å². The molecule has 5 nitrogen and oxygen atoms in total. The van der Waals surface area contributed by atoms with E-state index in [9.17, 15) is 9.59 Å². The minimum Gasteiger partial charge on any atom is -0.327 e. The number of carbonyl (C=O) groups is 2. The molecule has 3 amide bonds. The SMILES string of the molecule is CC1=C(C(=O)Nc2ccc(Cl)cc2)[C@@H](c2cccc(Cl)c2)NC(=O)N1. The monoisotopic (exact) mass is 375 g/mol. The van der Waals surface area contributed by atoms with Crippen LogP contribution in [0.1, 0.15) is 18.5 Å². The zero-order chi connectivity index (χ0) is 18.0. The predicted octanol–water partition coefficient (Wildman–Crippen LogP) is 4.26. The normalized spacial score (nSPS) is 16.9. The molecular weight excluding hydrogens is 361 g/mol. The molecule has 3 N–H and O–H groups in total. The molecule has 0 unspecified atom stereocenters.